The third-order valence-electron chi connectivity index (χ3n) is 5.47. The molecule has 0 radical (unpaired) electrons. The number of aryl methyl sites for hydroxylation is 2. The molecule has 0 saturated carbocycles. The number of nitrogens with zero attached hydrogens (tertiary/aromatic N) is 3. The normalized spacial score (nSPS) is 10.3. The molecule has 0 amide bonds. The van der Waals surface area contributed by atoms with Crippen LogP contribution in [0.1, 0.15) is 36.6 Å². The Morgan fingerprint density at radius 1 is 0.909 bits per heavy atom. The van der Waals surface area contributed by atoms with Gasteiger partial charge in [0.25, 0.3) is 0 Å². The van der Waals surface area contributed by atoms with Crippen molar-refractivity contribution in [3.8, 4) is 11.3 Å². The minimum Gasteiger partial charge on any atom is -0.793 e. The van der Waals surface area contributed by atoms with Crippen molar-refractivity contribution in [1.82, 2.24) is 14.5 Å². The van der Waals surface area contributed by atoms with Crippen LogP contribution in [-0.4, -0.2) is 20.3 Å². The van der Waals surface area contributed by atoms with E-state index in [4.69, 9.17) is 12.6 Å². The fourth-order valence-electron chi connectivity index (χ4n) is 3.84. The zero-order chi connectivity index (χ0) is 20.9. The summed E-state index contributed by atoms with van der Waals surface area (Å²) in [6.45, 7) is 3.02. The summed E-state index contributed by atoms with van der Waals surface area (Å²) in [7, 11) is 0. The summed E-state index contributed by atoms with van der Waals surface area (Å²) in [6.07, 6.45) is 5.22. The molecule has 0 spiro atoms. The Hall–Kier alpha value is 0.340. The van der Waals surface area contributed by atoms with Gasteiger partial charge in [-0.2, -0.15) is 5.75 Å². The van der Waals surface area contributed by atoms with Crippen LogP contribution in [0.25, 0.3) is 22.3 Å². The zero-order valence-corrected chi connectivity index (χ0v) is 27.0. The summed E-state index contributed by atoms with van der Waals surface area (Å²) in [4.78, 5) is 9.15. The molecule has 3 nitrogen and oxygen atoms in total. The SMILES string of the molecule is CCc1ccc(-c2cc3c(Cc4cccc(F)c4)ncnc3n2CCCC[S-])cc1.[Na+].[Na+].[Na+]. The Kier molecular flexibility index (Phi) is 14.7. The summed E-state index contributed by atoms with van der Waals surface area (Å²) in [6, 6.07) is 17.6. The van der Waals surface area contributed by atoms with Crippen molar-refractivity contribution in [3.05, 3.63) is 83.6 Å². The van der Waals surface area contributed by atoms with E-state index in [1.165, 1.54) is 17.2 Å². The van der Waals surface area contributed by atoms with E-state index in [0.717, 1.165) is 59.5 Å². The quantitative estimate of drug-likeness (QED) is 0.149. The number of unbranched alkanes of at least 4 members (excludes halogenated alkanes) is 1. The van der Waals surface area contributed by atoms with Gasteiger partial charge in [-0.3, -0.25) is 0 Å². The molecule has 2 aromatic heterocycles. The van der Waals surface area contributed by atoms with E-state index in [9.17, 15) is 4.39 Å². The van der Waals surface area contributed by atoms with Crippen LogP contribution in [0, 0.1) is 5.82 Å². The molecule has 0 bridgehead atoms. The number of aromatic nitrogens is 3. The fourth-order valence-corrected chi connectivity index (χ4v) is 4.05. The molecular weight excluding hydrogens is 462 g/mol. The van der Waals surface area contributed by atoms with Gasteiger partial charge in [-0.05, 0) is 47.7 Å². The molecule has 2 aromatic carbocycles. The van der Waals surface area contributed by atoms with Crippen molar-refractivity contribution in [2.45, 2.75) is 39.2 Å². The summed E-state index contributed by atoms with van der Waals surface area (Å²) in [5, 5.41) is 1.02. The Bertz CT molecular complexity index is 1150. The van der Waals surface area contributed by atoms with E-state index in [-0.39, 0.29) is 94.5 Å². The molecule has 0 aliphatic heterocycles. The maximum atomic E-state index is 13.7. The molecule has 0 fully saturated rings. The number of hydrogen-bond donors (Lipinski definition) is 0. The Labute approximate surface area is 267 Å². The number of hydrogen-bond acceptors (Lipinski definition) is 3. The van der Waals surface area contributed by atoms with E-state index in [0.29, 0.717) is 6.42 Å². The Morgan fingerprint density at radius 3 is 2.33 bits per heavy atom. The van der Waals surface area contributed by atoms with Gasteiger partial charge in [0, 0.05) is 18.4 Å². The fraction of sp³-hybridized carbons (Fsp3) is 0.280. The number of rotatable bonds is 8. The van der Waals surface area contributed by atoms with Gasteiger partial charge in [-0.15, -0.1) is 0 Å². The molecule has 4 rings (SSSR count). The molecule has 0 aliphatic rings. The Balaban J connectivity index is 0.00000181. The largest absolute Gasteiger partial charge is 1.00 e. The predicted molar refractivity (Wildman–Crippen MR) is 123 cm³/mol. The standard InChI is InChI=1S/C25H26FN3S.3Na/c1-2-18-8-10-20(11-9-18)24-16-22-23(15-19-6-5-7-21(26)14-19)27-17-28-25(22)29(24)12-3-4-13-30;;;/h5-11,14,16-17,30H,2-4,12-13,15H2,1H3;;;/q;3*+1/p-1. The molecule has 8 heteroatoms. The van der Waals surface area contributed by atoms with E-state index in [2.05, 4.69) is 51.8 Å². The molecular formula is C25H25FN3Na3S+2. The molecule has 2 heterocycles. The van der Waals surface area contributed by atoms with Gasteiger partial charge in [0.2, 0.25) is 0 Å². The maximum absolute atomic E-state index is 13.7. The molecule has 0 saturated heterocycles. The number of benzene rings is 2. The van der Waals surface area contributed by atoms with E-state index < -0.39 is 0 Å². The third-order valence-corrected chi connectivity index (χ3v) is 5.76. The van der Waals surface area contributed by atoms with Crippen LogP contribution in [0.15, 0.2) is 60.9 Å². The van der Waals surface area contributed by atoms with Crippen LogP contribution >= 0.6 is 0 Å². The van der Waals surface area contributed by atoms with Crippen molar-refractivity contribution < 1.29 is 93.1 Å². The van der Waals surface area contributed by atoms with Crippen LogP contribution < -0.4 is 88.7 Å². The average molecular weight is 488 g/mol. The first-order valence-electron chi connectivity index (χ1n) is 10.4. The number of fused-ring (bicyclic) bond motifs is 1. The molecule has 0 unspecified atom stereocenters. The van der Waals surface area contributed by atoms with E-state index in [1.54, 1.807) is 18.5 Å². The predicted octanol–water partition coefficient (Wildman–Crippen LogP) is -3.27. The van der Waals surface area contributed by atoms with E-state index >= 15 is 0 Å². The Morgan fingerprint density at radius 2 is 1.67 bits per heavy atom. The van der Waals surface area contributed by atoms with Crippen LogP contribution in [-0.2, 0) is 32.0 Å². The van der Waals surface area contributed by atoms with Gasteiger partial charge >= 0.3 is 88.7 Å². The second kappa shape index (κ2) is 15.5. The van der Waals surface area contributed by atoms with Crippen molar-refractivity contribution in [2.24, 2.45) is 0 Å². The summed E-state index contributed by atoms with van der Waals surface area (Å²) in [5.74, 6) is 0.537. The van der Waals surface area contributed by atoms with Gasteiger partial charge in [-0.1, -0.05) is 49.7 Å². The minimum atomic E-state index is -0.226. The average Bonchev–Trinajstić information content (AvgIpc) is 3.14. The van der Waals surface area contributed by atoms with Crippen LogP contribution in [0.5, 0.6) is 0 Å². The first-order valence-corrected chi connectivity index (χ1v) is 11.0. The summed E-state index contributed by atoms with van der Waals surface area (Å²) < 4.78 is 15.9. The molecule has 0 aliphatic carbocycles. The third kappa shape index (κ3) is 7.91. The number of halogens is 1. The van der Waals surface area contributed by atoms with Gasteiger partial charge < -0.3 is 17.2 Å². The van der Waals surface area contributed by atoms with Crippen molar-refractivity contribution in [1.29, 1.82) is 0 Å². The van der Waals surface area contributed by atoms with Gasteiger partial charge in [0.15, 0.2) is 0 Å². The van der Waals surface area contributed by atoms with E-state index in [1.807, 2.05) is 6.07 Å². The van der Waals surface area contributed by atoms with Crippen LogP contribution in [0.2, 0.25) is 0 Å². The smallest absolute Gasteiger partial charge is 0.793 e. The second-order valence-corrected chi connectivity index (χ2v) is 7.92. The molecule has 0 N–H and O–H groups in total. The van der Waals surface area contributed by atoms with Crippen molar-refractivity contribution in [3.63, 3.8) is 0 Å². The van der Waals surface area contributed by atoms with Crippen LogP contribution in [0.4, 0.5) is 4.39 Å². The second-order valence-electron chi connectivity index (χ2n) is 7.51. The monoisotopic (exact) mass is 487 g/mol. The van der Waals surface area contributed by atoms with Crippen molar-refractivity contribution >= 4 is 23.7 Å². The van der Waals surface area contributed by atoms with Crippen LogP contribution in [0.3, 0.4) is 0 Å². The first kappa shape index (κ1) is 31.4. The van der Waals surface area contributed by atoms with Gasteiger partial charge in [-0.25, -0.2) is 14.4 Å². The summed E-state index contributed by atoms with van der Waals surface area (Å²) >= 11 is 5.14. The molecule has 0 atom stereocenters. The van der Waals surface area contributed by atoms with Gasteiger partial charge in [0.05, 0.1) is 11.4 Å². The molecule has 4 aromatic rings. The van der Waals surface area contributed by atoms with Crippen molar-refractivity contribution in [2.75, 3.05) is 5.75 Å². The van der Waals surface area contributed by atoms with Gasteiger partial charge in [0.1, 0.15) is 17.8 Å². The molecule has 33 heavy (non-hydrogen) atoms. The molecule has 154 valence electrons. The first-order chi connectivity index (χ1) is 14.7. The zero-order valence-electron chi connectivity index (χ0n) is 20.1. The summed E-state index contributed by atoms with van der Waals surface area (Å²) in [5.41, 5.74) is 6.37. The topological polar surface area (TPSA) is 30.7 Å². The minimum absolute atomic E-state index is 0. The maximum Gasteiger partial charge on any atom is 1.00 e.